The van der Waals surface area contributed by atoms with Crippen LogP contribution >= 0.6 is 0 Å². The van der Waals surface area contributed by atoms with E-state index in [1.54, 1.807) is 23.2 Å². The van der Waals surface area contributed by atoms with Gasteiger partial charge in [-0.15, -0.1) is 0 Å². The molecule has 1 amide bonds. The highest BCUT2D eigenvalue weighted by Crippen LogP contribution is 2.38. The molecule has 4 rings (SSSR count). The van der Waals surface area contributed by atoms with Gasteiger partial charge in [-0.1, -0.05) is 24.3 Å². The second-order valence-electron chi connectivity index (χ2n) is 9.81. The predicted octanol–water partition coefficient (Wildman–Crippen LogP) is 3.51. The molecule has 0 aromatic heterocycles. The van der Waals surface area contributed by atoms with Crippen molar-refractivity contribution in [3.63, 3.8) is 0 Å². The van der Waals surface area contributed by atoms with Crippen LogP contribution in [0, 0.1) is 23.7 Å². The van der Waals surface area contributed by atoms with Crippen LogP contribution in [0.3, 0.4) is 0 Å². The Kier molecular flexibility index (Phi) is 7.76. The summed E-state index contributed by atoms with van der Waals surface area (Å²) in [5.74, 6) is 0.0625. The number of aryl methyl sites for hydroxylation is 1. The number of nitrogens with zero attached hydrogens (tertiary/aromatic N) is 2. The van der Waals surface area contributed by atoms with Crippen LogP contribution < -0.4 is 10.6 Å². The molecular formula is C27H29F3N5O2S+. The zero-order chi connectivity index (χ0) is 27.7. The van der Waals surface area contributed by atoms with Gasteiger partial charge in [0, 0.05) is 24.4 Å². The Morgan fingerprint density at radius 1 is 1.26 bits per heavy atom. The van der Waals surface area contributed by atoms with Crippen LogP contribution in [0.15, 0.2) is 65.3 Å². The standard InChI is InChI=1S/C27H28F3N5O2S/c1-17-6-5-7-19(12-17)33-24(13-18(2)32)35-15-20(14-22(35)25(36)34-26(16-31)10-11-26)38(37)23-9-4-3-8-21(23)27(28,29)30/h3-9,12-13,20,22,32-33H,10-11,14-15H2,1-2H3,(H,34,36)/p+1. The third-order valence-electron chi connectivity index (χ3n) is 6.66. The van der Waals surface area contributed by atoms with Crippen LogP contribution in [0.5, 0.6) is 0 Å². The molecule has 0 radical (unpaired) electrons. The fraction of sp³-hybridized carbons (Fsp3) is 0.370. The molecule has 2 aromatic carbocycles. The normalized spacial score (nSPS) is 21.5. The molecule has 2 fully saturated rings. The van der Waals surface area contributed by atoms with Crippen molar-refractivity contribution in [3.8, 4) is 6.07 Å². The number of carbonyl (C=O) groups excluding carboxylic acids is 1. The molecule has 2 aliphatic rings. The van der Waals surface area contributed by atoms with Gasteiger partial charge in [-0.25, -0.2) is 0 Å². The number of hydrogen-bond acceptors (Lipinski definition) is 5. The summed E-state index contributed by atoms with van der Waals surface area (Å²) >= 11 is 0. The van der Waals surface area contributed by atoms with Crippen LogP contribution in [0.1, 0.15) is 37.3 Å². The molecule has 1 heterocycles. The van der Waals surface area contributed by atoms with E-state index in [2.05, 4.69) is 11.4 Å². The molecule has 200 valence electrons. The molecule has 3 atom stereocenters. The Bertz CT molecular complexity index is 1350. The fourth-order valence-electron chi connectivity index (χ4n) is 4.61. The molecule has 1 saturated carbocycles. The van der Waals surface area contributed by atoms with Gasteiger partial charge < -0.3 is 15.6 Å². The number of nitriles is 1. The molecule has 2 aromatic rings. The van der Waals surface area contributed by atoms with Crippen molar-refractivity contribution in [2.75, 3.05) is 6.54 Å². The molecule has 4 N–H and O–H groups in total. The Hall–Kier alpha value is -3.49. The number of likely N-dealkylation sites (tertiary alicyclic amines) is 1. The van der Waals surface area contributed by atoms with Gasteiger partial charge in [0.15, 0.2) is 0 Å². The summed E-state index contributed by atoms with van der Waals surface area (Å²) in [6.07, 6.45) is -2.02. The number of halogens is 3. The first-order chi connectivity index (χ1) is 17.9. The van der Waals surface area contributed by atoms with Gasteiger partial charge >= 0.3 is 6.18 Å². The summed E-state index contributed by atoms with van der Waals surface area (Å²) in [5.41, 5.74) is 0.138. The van der Waals surface area contributed by atoms with Crippen molar-refractivity contribution in [2.24, 2.45) is 0 Å². The van der Waals surface area contributed by atoms with Gasteiger partial charge in [0.25, 0.3) is 0 Å². The third kappa shape index (κ3) is 6.14. The van der Waals surface area contributed by atoms with Crippen molar-refractivity contribution in [1.29, 1.82) is 10.7 Å². The maximum absolute atomic E-state index is 13.7. The zero-order valence-electron chi connectivity index (χ0n) is 21.0. The van der Waals surface area contributed by atoms with Crippen LogP contribution in [-0.4, -0.2) is 44.1 Å². The number of quaternary nitrogens is 1. The molecule has 11 heteroatoms. The molecule has 3 unspecified atom stereocenters. The van der Waals surface area contributed by atoms with E-state index in [-0.39, 0.29) is 23.6 Å². The minimum Gasteiger partial charge on any atom is -0.336 e. The summed E-state index contributed by atoms with van der Waals surface area (Å²) in [7, 11) is -2.06. The smallest absolute Gasteiger partial charge is 0.336 e. The fourth-order valence-corrected chi connectivity index (χ4v) is 6.24. The van der Waals surface area contributed by atoms with Crippen molar-refractivity contribution >= 4 is 28.1 Å². The lowest BCUT2D eigenvalue weighted by Gasteiger charge is -2.26. The maximum atomic E-state index is 13.7. The van der Waals surface area contributed by atoms with Gasteiger partial charge in [0.1, 0.15) is 17.3 Å². The van der Waals surface area contributed by atoms with E-state index in [4.69, 9.17) is 5.41 Å². The number of benzene rings is 2. The summed E-state index contributed by atoms with van der Waals surface area (Å²) in [5, 5.41) is 21.4. The van der Waals surface area contributed by atoms with Crippen LogP contribution in [0.2, 0.25) is 0 Å². The molecule has 1 aliphatic heterocycles. The molecule has 38 heavy (non-hydrogen) atoms. The highest BCUT2D eigenvalue weighted by molar-refractivity contribution is 7.85. The Morgan fingerprint density at radius 3 is 2.58 bits per heavy atom. The van der Waals surface area contributed by atoms with Crippen LogP contribution in [0.4, 0.5) is 18.9 Å². The zero-order valence-corrected chi connectivity index (χ0v) is 21.8. The van der Waals surface area contributed by atoms with Crippen molar-refractivity contribution in [2.45, 2.75) is 61.0 Å². The number of nitrogens with two attached hydrogens (primary N) is 1. The van der Waals surface area contributed by atoms with E-state index in [1.165, 1.54) is 18.2 Å². The van der Waals surface area contributed by atoms with Gasteiger partial charge in [0.05, 0.1) is 32.6 Å². The number of carbonyl (C=O) groups is 1. The lowest BCUT2D eigenvalue weighted by atomic mass is 10.1. The first kappa shape index (κ1) is 27.5. The van der Waals surface area contributed by atoms with Gasteiger partial charge in [-0.05, 0) is 56.9 Å². The Morgan fingerprint density at radius 2 is 1.97 bits per heavy atom. The molecule has 0 bridgehead atoms. The number of rotatable bonds is 8. The van der Waals surface area contributed by atoms with Gasteiger partial charge in [-0.3, -0.25) is 14.3 Å². The summed E-state index contributed by atoms with van der Waals surface area (Å²) in [6.45, 7) is 3.56. The minimum absolute atomic E-state index is 0.0299. The quantitative estimate of drug-likeness (QED) is 0.349. The van der Waals surface area contributed by atoms with E-state index in [0.717, 1.165) is 17.3 Å². The van der Waals surface area contributed by atoms with E-state index in [0.29, 0.717) is 18.7 Å². The second-order valence-corrected chi connectivity index (χ2v) is 11.5. The third-order valence-corrected chi connectivity index (χ3v) is 8.39. The van der Waals surface area contributed by atoms with Gasteiger partial charge in [-0.2, -0.15) is 18.4 Å². The Balaban J connectivity index is 1.70. The lowest BCUT2D eigenvalue weighted by molar-refractivity contribution is -0.536. The topological polar surface area (TPSA) is 114 Å². The number of amides is 1. The average molecular weight is 545 g/mol. The van der Waals surface area contributed by atoms with Crippen molar-refractivity contribution < 1.29 is 27.5 Å². The first-order valence-electron chi connectivity index (χ1n) is 12.2. The molecule has 0 spiro atoms. The predicted molar refractivity (Wildman–Crippen MR) is 137 cm³/mol. The molecule has 1 aliphatic carbocycles. The number of hydrogen-bond donors (Lipinski definition) is 3. The van der Waals surface area contributed by atoms with Gasteiger partial charge in [0.2, 0.25) is 11.7 Å². The van der Waals surface area contributed by atoms with Crippen LogP contribution in [-0.2, 0) is 21.8 Å². The van der Waals surface area contributed by atoms with E-state index in [1.807, 2.05) is 31.2 Å². The van der Waals surface area contributed by atoms with Crippen molar-refractivity contribution in [3.05, 3.63) is 71.6 Å². The molecular weight excluding hydrogens is 515 g/mol. The number of nitrogens with one attached hydrogen (secondary N) is 2. The summed E-state index contributed by atoms with van der Waals surface area (Å²) < 4.78 is 54.6. The maximum Gasteiger partial charge on any atom is 0.417 e. The Labute approximate surface area is 221 Å². The van der Waals surface area contributed by atoms with Crippen LogP contribution in [0.25, 0.3) is 0 Å². The van der Waals surface area contributed by atoms with E-state index >= 15 is 0 Å². The average Bonchev–Trinajstić information content (AvgIpc) is 3.48. The molecule has 1 saturated heterocycles. The SMILES string of the molecule is CC(=N)C=C([NH2+]c1cccc(C)c1)N1CC(S(=O)c2ccccc2C(F)(F)F)CC1C(=O)NC1(C#N)CC1. The second kappa shape index (κ2) is 10.7. The molecule has 7 nitrogen and oxygen atoms in total. The largest absolute Gasteiger partial charge is 0.417 e. The first-order valence-corrected chi connectivity index (χ1v) is 13.4. The highest BCUT2D eigenvalue weighted by Gasteiger charge is 2.49. The van der Waals surface area contributed by atoms with Crippen molar-refractivity contribution in [1.82, 2.24) is 10.2 Å². The minimum atomic E-state index is -4.67. The number of alkyl halides is 3. The summed E-state index contributed by atoms with van der Waals surface area (Å²) in [6, 6.07) is 13.6. The van der Waals surface area contributed by atoms with E-state index in [9.17, 15) is 27.4 Å². The highest BCUT2D eigenvalue weighted by atomic mass is 32.2. The van der Waals surface area contributed by atoms with E-state index < -0.39 is 45.3 Å². The lowest BCUT2D eigenvalue weighted by Crippen LogP contribution is -2.80. The monoisotopic (exact) mass is 544 g/mol. The summed E-state index contributed by atoms with van der Waals surface area (Å²) in [4.78, 5) is 14.8. The number of allylic oxidation sites excluding steroid dienone is 1.